The third-order valence-corrected chi connectivity index (χ3v) is 3.92. The fourth-order valence-corrected chi connectivity index (χ4v) is 2.49. The van der Waals surface area contributed by atoms with Gasteiger partial charge in [0.25, 0.3) is 0 Å². The van der Waals surface area contributed by atoms with E-state index in [4.69, 9.17) is 4.11 Å². The van der Waals surface area contributed by atoms with Gasteiger partial charge in [-0.2, -0.15) is 0 Å². The molecule has 0 N–H and O–H groups in total. The largest absolute Gasteiger partial charge is 0.0919 e. The van der Waals surface area contributed by atoms with Crippen LogP contribution in [0, 0.1) is 0 Å². The van der Waals surface area contributed by atoms with Crippen molar-refractivity contribution in [1.29, 1.82) is 0 Å². The zero-order valence-corrected chi connectivity index (χ0v) is 17.1. The highest BCUT2D eigenvalue weighted by molar-refractivity contribution is 5.36. The predicted octanol–water partition coefficient (Wildman–Crippen LogP) is 9.07. The van der Waals surface area contributed by atoms with Crippen LogP contribution in [0.1, 0.15) is 85.2 Å². The lowest BCUT2D eigenvalue weighted by Gasteiger charge is -2.11. The van der Waals surface area contributed by atoms with Gasteiger partial charge in [-0.1, -0.05) is 79.3 Å². The van der Waals surface area contributed by atoms with E-state index in [1.807, 2.05) is 58.9 Å². The molecule has 0 spiro atoms. The van der Waals surface area contributed by atoms with Crippen molar-refractivity contribution in [3.8, 4) is 0 Å². The zero-order chi connectivity index (χ0) is 21.5. The predicted molar refractivity (Wildman–Crippen MR) is 124 cm³/mol. The van der Waals surface area contributed by atoms with Gasteiger partial charge >= 0.3 is 0 Å². The van der Waals surface area contributed by atoms with Crippen molar-refractivity contribution in [1.82, 2.24) is 0 Å². The molecule has 0 nitrogen and oxygen atoms in total. The van der Waals surface area contributed by atoms with E-state index in [2.05, 4.69) is 12.2 Å². The first-order valence-corrected chi connectivity index (χ1v) is 9.41. The molecular weight excluding hydrogens is 312 g/mol. The summed E-state index contributed by atoms with van der Waals surface area (Å²) in [6.07, 6.45) is 19.4. The third kappa shape index (κ3) is 12.5. The number of hydrogen-bond acceptors (Lipinski definition) is 0. The normalized spacial score (nSPS) is 22.5. The molecule has 2 aliphatic rings. The molecule has 0 fully saturated rings. The van der Waals surface area contributed by atoms with Crippen LogP contribution in [-0.4, -0.2) is 0 Å². The first-order chi connectivity index (χ1) is 13.4. The van der Waals surface area contributed by atoms with Crippen molar-refractivity contribution >= 4 is 0 Å². The van der Waals surface area contributed by atoms with Crippen LogP contribution >= 0.6 is 0 Å². The number of rotatable bonds is 2. The van der Waals surface area contributed by atoms with Crippen molar-refractivity contribution in [3.05, 3.63) is 83.0 Å². The maximum absolute atomic E-state index is 7.85. The maximum atomic E-state index is 7.85. The Kier molecular flexibility index (Phi) is 14.2. The Morgan fingerprint density at radius 3 is 1.58 bits per heavy atom. The van der Waals surface area contributed by atoms with Crippen LogP contribution in [0.25, 0.3) is 0 Å². The molecule has 0 heteroatoms. The molecule has 0 radical (unpaired) electrons. The summed E-state index contributed by atoms with van der Waals surface area (Å²) in [5, 5.41) is 0. The second-order valence-electron chi connectivity index (χ2n) is 5.86. The second-order valence-corrected chi connectivity index (χ2v) is 5.86. The summed E-state index contributed by atoms with van der Waals surface area (Å²) < 4.78 is 22.2. The van der Waals surface area contributed by atoms with Crippen molar-refractivity contribution in [2.45, 2.75) is 81.1 Å². The van der Waals surface area contributed by atoms with Gasteiger partial charge in [-0.3, -0.25) is 0 Å². The summed E-state index contributed by atoms with van der Waals surface area (Å²) in [6.45, 7) is 11.6. The molecule has 2 rings (SSSR count). The zero-order valence-electron chi connectivity index (χ0n) is 20.1. The molecule has 0 aliphatic heterocycles. The SMILES string of the molecule is C.[2H]C(C)=CC.[2H]C1=C(C=CC)CCC1=CC.[2H]C1=C(C=CC)CCCC1=CC. The molecule has 26 heavy (non-hydrogen) atoms. The number of allylic oxidation sites excluding steroid dienone is 14. The Hall–Kier alpha value is -1.82. The van der Waals surface area contributed by atoms with Crippen LogP contribution in [0.4, 0.5) is 0 Å². The first kappa shape index (κ1) is 20.5. The molecule has 0 heterocycles. The van der Waals surface area contributed by atoms with Gasteiger partial charge in [-0.25, -0.2) is 0 Å². The lowest BCUT2D eigenvalue weighted by Crippen LogP contribution is -1.91. The van der Waals surface area contributed by atoms with E-state index in [-0.39, 0.29) is 7.43 Å². The fourth-order valence-electron chi connectivity index (χ4n) is 2.49. The Bertz CT molecular complexity index is 691. The second kappa shape index (κ2) is 18.0. The minimum Gasteiger partial charge on any atom is -0.0919 e. The highest BCUT2D eigenvalue weighted by Crippen LogP contribution is 2.23. The Morgan fingerprint density at radius 1 is 0.731 bits per heavy atom. The molecule has 0 unspecified atom stereocenters. The van der Waals surface area contributed by atoms with Crippen molar-refractivity contribution in [2.75, 3.05) is 0 Å². The van der Waals surface area contributed by atoms with Crippen LogP contribution in [0.2, 0.25) is 0 Å². The van der Waals surface area contributed by atoms with E-state index in [1.165, 1.54) is 28.7 Å². The topological polar surface area (TPSA) is 0 Å². The molecule has 0 atom stereocenters. The monoisotopic (exact) mass is 357 g/mol. The van der Waals surface area contributed by atoms with Crippen LogP contribution in [0.5, 0.6) is 0 Å². The van der Waals surface area contributed by atoms with Crippen LogP contribution in [0.3, 0.4) is 0 Å². The van der Waals surface area contributed by atoms with Gasteiger partial charge < -0.3 is 0 Å². The molecule has 0 saturated carbocycles. The van der Waals surface area contributed by atoms with Gasteiger partial charge in [-0.15, -0.1) is 0 Å². The average Bonchev–Trinajstić information content (AvgIpc) is 3.04. The Morgan fingerprint density at radius 2 is 1.19 bits per heavy atom. The van der Waals surface area contributed by atoms with Crippen molar-refractivity contribution in [3.63, 3.8) is 0 Å². The van der Waals surface area contributed by atoms with Gasteiger partial charge in [0.1, 0.15) is 0 Å². The van der Waals surface area contributed by atoms with E-state index in [0.717, 1.165) is 37.8 Å². The Balaban J connectivity index is 0. The quantitative estimate of drug-likeness (QED) is 0.432. The van der Waals surface area contributed by atoms with Gasteiger partial charge in [0, 0.05) is 0 Å². The molecular formula is C26H42. The molecule has 0 aromatic heterocycles. The molecule has 0 bridgehead atoms. The van der Waals surface area contributed by atoms with Crippen LogP contribution in [0.15, 0.2) is 83.0 Å². The summed E-state index contributed by atoms with van der Waals surface area (Å²) in [5.41, 5.74) is 4.77. The Labute approximate surface area is 168 Å². The minimum absolute atomic E-state index is 0. The van der Waals surface area contributed by atoms with Crippen LogP contribution in [-0.2, 0) is 0 Å². The third-order valence-electron chi connectivity index (χ3n) is 3.92. The lowest BCUT2D eigenvalue weighted by atomic mass is 9.95. The van der Waals surface area contributed by atoms with Gasteiger partial charge in [0.15, 0.2) is 0 Å². The smallest absolute Gasteiger partial charge is 0.0628 e. The lowest BCUT2D eigenvalue weighted by molar-refractivity contribution is 0.796. The van der Waals surface area contributed by atoms with E-state index in [9.17, 15) is 0 Å². The van der Waals surface area contributed by atoms with E-state index in [0.29, 0.717) is 6.05 Å². The summed E-state index contributed by atoms with van der Waals surface area (Å²) in [5.74, 6) is 0. The number of hydrogen-bond donors (Lipinski definition) is 0. The fraction of sp³-hybridized carbons (Fsp3) is 0.462. The molecule has 2 aliphatic carbocycles. The first-order valence-electron chi connectivity index (χ1n) is 10.9. The summed E-state index contributed by atoms with van der Waals surface area (Å²) in [4.78, 5) is 0. The molecule has 0 amide bonds. The van der Waals surface area contributed by atoms with E-state index in [1.54, 1.807) is 13.0 Å². The standard InChI is InChI=1S/C11H16.C10H14.C4H8.CH4/c1-3-6-11-8-5-7-10(4-2)9-11;1-3-5-10-7-6-9(4-2)8-10;1-3-4-2;/h3-4,6,9H,5,7-8H2,1-2H3;3-5,8H,6-7H2,1-2H3;3-4H,1-2H3;1H4/i9D;8D;3D;. The highest BCUT2D eigenvalue weighted by atomic mass is 14.1. The molecule has 146 valence electrons. The van der Waals surface area contributed by atoms with Gasteiger partial charge in [0.2, 0.25) is 0 Å². The summed E-state index contributed by atoms with van der Waals surface area (Å²) in [6, 6.07) is 2.12. The molecule has 0 aromatic rings. The van der Waals surface area contributed by atoms with Crippen molar-refractivity contribution in [2.24, 2.45) is 0 Å². The maximum Gasteiger partial charge on any atom is 0.0628 e. The molecule has 0 saturated heterocycles. The minimum atomic E-state index is 0. The van der Waals surface area contributed by atoms with Crippen LogP contribution < -0.4 is 0 Å². The van der Waals surface area contributed by atoms with Gasteiger partial charge in [-0.05, 0) is 84.8 Å². The highest BCUT2D eigenvalue weighted by Gasteiger charge is 2.04. The molecule has 0 aromatic carbocycles. The summed E-state index contributed by atoms with van der Waals surface area (Å²) in [7, 11) is 0. The van der Waals surface area contributed by atoms with E-state index < -0.39 is 0 Å². The average molecular weight is 358 g/mol. The van der Waals surface area contributed by atoms with Crippen molar-refractivity contribution < 1.29 is 4.11 Å². The summed E-state index contributed by atoms with van der Waals surface area (Å²) >= 11 is 0. The van der Waals surface area contributed by atoms with Gasteiger partial charge in [0.05, 0.1) is 4.11 Å². The van der Waals surface area contributed by atoms with E-state index >= 15 is 0 Å².